The fourth-order valence-electron chi connectivity index (χ4n) is 3.48. The summed E-state index contributed by atoms with van der Waals surface area (Å²) in [4.78, 5) is 4.55. The molecule has 1 aliphatic heterocycles. The average molecular weight is 382 g/mol. The van der Waals surface area contributed by atoms with Crippen LogP contribution < -0.4 is 4.74 Å². The van der Waals surface area contributed by atoms with E-state index >= 15 is 0 Å². The number of aromatic nitrogens is 2. The molecule has 0 saturated carbocycles. The van der Waals surface area contributed by atoms with Crippen molar-refractivity contribution in [3.63, 3.8) is 0 Å². The van der Waals surface area contributed by atoms with Crippen molar-refractivity contribution in [3.8, 4) is 17.1 Å². The van der Waals surface area contributed by atoms with Crippen molar-refractivity contribution in [2.75, 3.05) is 11.5 Å². The minimum absolute atomic E-state index is 0.146. The molecule has 3 aromatic rings. The number of rotatable bonds is 5. The van der Waals surface area contributed by atoms with Gasteiger partial charge in [0.25, 0.3) is 0 Å². The van der Waals surface area contributed by atoms with Crippen molar-refractivity contribution in [2.45, 2.75) is 25.5 Å². The quantitative estimate of drug-likeness (QED) is 0.672. The van der Waals surface area contributed by atoms with Crippen molar-refractivity contribution in [2.24, 2.45) is 0 Å². The molecular weight excluding hydrogens is 360 g/mol. The summed E-state index contributed by atoms with van der Waals surface area (Å²) in [6, 6.07) is 18.0. The molecule has 2 heterocycles. The van der Waals surface area contributed by atoms with E-state index in [0.717, 1.165) is 22.7 Å². The van der Waals surface area contributed by atoms with Gasteiger partial charge in [0.2, 0.25) is 0 Å². The molecule has 0 atom stereocenters. The average Bonchev–Trinajstić information content (AvgIpc) is 3.17. The molecule has 2 aromatic carbocycles. The summed E-state index contributed by atoms with van der Waals surface area (Å²) in [5, 5.41) is 0. The summed E-state index contributed by atoms with van der Waals surface area (Å²) < 4.78 is 31.7. The van der Waals surface area contributed by atoms with Gasteiger partial charge in [-0.1, -0.05) is 42.5 Å². The largest absolute Gasteiger partial charge is 0.488 e. The van der Waals surface area contributed by atoms with Gasteiger partial charge in [-0.2, -0.15) is 0 Å². The highest BCUT2D eigenvalue weighted by Crippen LogP contribution is 2.33. The van der Waals surface area contributed by atoms with Crippen LogP contribution in [0.2, 0.25) is 0 Å². The predicted octanol–water partition coefficient (Wildman–Crippen LogP) is 3.88. The molecule has 1 saturated heterocycles. The molecule has 0 radical (unpaired) electrons. The Balaban J connectivity index is 1.59. The second kappa shape index (κ2) is 7.56. The van der Waals surface area contributed by atoms with E-state index in [9.17, 15) is 8.42 Å². The monoisotopic (exact) mass is 382 g/mol. The summed E-state index contributed by atoms with van der Waals surface area (Å²) in [7, 11) is -2.89. The Morgan fingerprint density at radius 2 is 1.70 bits per heavy atom. The predicted molar refractivity (Wildman–Crippen MR) is 105 cm³/mol. The van der Waals surface area contributed by atoms with E-state index < -0.39 is 9.84 Å². The fraction of sp³-hybridized carbons (Fsp3) is 0.286. The van der Waals surface area contributed by atoms with Crippen LogP contribution in [0.25, 0.3) is 11.4 Å². The van der Waals surface area contributed by atoms with Crippen LogP contribution in [0.4, 0.5) is 0 Å². The summed E-state index contributed by atoms with van der Waals surface area (Å²) in [6.07, 6.45) is 4.95. The summed E-state index contributed by atoms with van der Waals surface area (Å²) in [5.74, 6) is 2.07. The standard InChI is InChI=1S/C21H22N2O3S/c24-27(25)14-10-18(11-15-27)23-13-12-22-21(23)19-8-4-5-9-20(19)26-16-17-6-2-1-3-7-17/h1-9,12-13,18H,10-11,14-16H2. The topological polar surface area (TPSA) is 61.2 Å². The molecule has 6 heteroatoms. The van der Waals surface area contributed by atoms with E-state index in [1.165, 1.54) is 0 Å². The van der Waals surface area contributed by atoms with Crippen LogP contribution in [0.15, 0.2) is 67.0 Å². The molecule has 0 aliphatic carbocycles. The minimum Gasteiger partial charge on any atom is -0.488 e. The van der Waals surface area contributed by atoms with Gasteiger partial charge in [0.05, 0.1) is 17.1 Å². The van der Waals surface area contributed by atoms with Crippen LogP contribution in [0, 0.1) is 0 Å². The fourth-order valence-corrected chi connectivity index (χ4v) is 4.95. The van der Waals surface area contributed by atoms with E-state index in [2.05, 4.69) is 9.55 Å². The van der Waals surface area contributed by atoms with E-state index in [1.807, 2.05) is 60.8 Å². The normalized spacial score (nSPS) is 16.9. The Bertz CT molecular complexity index is 999. The molecule has 1 aromatic heterocycles. The third kappa shape index (κ3) is 4.06. The maximum Gasteiger partial charge on any atom is 0.150 e. The van der Waals surface area contributed by atoms with Gasteiger partial charge in [-0.05, 0) is 30.5 Å². The SMILES string of the molecule is O=S1(=O)CCC(n2ccnc2-c2ccccc2OCc2ccccc2)CC1. The van der Waals surface area contributed by atoms with E-state index in [-0.39, 0.29) is 17.5 Å². The number of hydrogen-bond donors (Lipinski definition) is 0. The van der Waals surface area contributed by atoms with Gasteiger partial charge in [-0.3, -0.25) is 0 Å². The lowest BCUT2D eigenvalue weighted by Gasteiger charge is -2.25. The van der Waals surface area contributed by atoms with Crippen LogP contribution >= 0.6 is 0 Å². The van der Waals surface area contributed by atoms with Crippen LogP contribution in [-0.2, 0) is 16.4 Å². The molecule has 1 aliphatic rings. The highest BCUT2D eigenvalue weighted by atomic mass is 32.2. The van der Waals surface area contributed by atoms with E-state index in [1.54, 1.807) is 6.20 Å². The minimum atomic E-state index is -2.89. The Hall–Kier alpha value is -2.60. The van der Waals surface area contributed by atoms with Crippen LogP contribution in [-0.4, -0.2) is 29.5 Å². The Kier molecular flexibility index (Phi) is 4.99. The van der Waals surface area contributed by atoms with Crippen molar-refractivity contribution in [1.29, 1.82) is 0 Å². The Morgan fingerprint density at radius 1 is 1.00 bits per heavy atom. The molecular formula is C21H22N2O3S. The van der Waals surface area contributed by atoms with Gasteiger partial charge < -0.3 is 9.30 Å². The summed E-state index contributed by atoms with van der Waals surface area (Å²) in [6.45, 7) is 0.486. The number of sulfone groups is 1. The molecule has 0 N–H and O–H groups in total. The van der Waals surface area contributed by atoms with Gasteiger partial charge in [0.15, 0.2) is 0 Å². The van der Waals surface area contributed by atoms with Gasteiger partial charge in [0.1, 0.15) is 28.0 Å². The lowest BCUT2D eigenvalue weighted by Crippen LogP contribution is -2.25. The first-order valence-electron chi connectivity index (χ1n) is 9.12. The second-order valence-corrected chi connectivity index (χ2v) is 9.12. The van der Waals surface area contributed by atoms with E-state index in [0.29, 0.717) is 19.4 Å². The number of nitrogens with zero attached hydrogens (tertiary/aromatic N) is 2. The van der Waals surface area contributed by atoms with Crippen molar-refractivity contribution in [3.05, 3.63) is 72.6 Å². The van der Waals surface area contributed by atoms with Gasteiger partial charge in [0, 0.05) is 18.4 Å². The zero-order chi connectivity index (χ0) is 18.7. The Morgan fingerprint density at radius 3 is 2.48 bits per heavy atom. The smallest absolute Gasteiger partial charge is 0.150 e. The third-order valence-electron chi connectivity index (χ3n) is 4.95. The van der Waals surface area contributed by atoms with Gasteiger partial charge in [-0.15, -0.1) is 0 Å². The molecule has 4 rings (SSSR count). The van der Waals surface area contributed by atoms with Crippen LogP contribution in [0.3, 0.4) is 0 Å². The Labute approximate surface area is 159 Å². The second-order valence-electron chi connectivity index (χ2n) is 6.81. The van der Waals surface area contributed by atoms with Gasteiger partial charge >= 0.3 is 0 Å². The van der Waals surface area contributed by atoms with Crippen LogP contribution in [0.1, 0.15) is 24.4 Å². The summed E-state index contributed by atoms with van der Waals surface area (Å²) in [5.41, 5.74) is 2.03. The first-order chi connectivity index (χ1) is 13.1. The lowest BCUT2D eigenvalue weighted by molar-refractivity contribution is 0.307. The van der Waals surface area contributed by atoms with Crippen molar-refractivity contribution >= 4 is 9.84 Å². The highest BCUT2D eigenvalue weighted by molar-refractivity contribution is 7.91. The van der Waals surface area contributed by atoms with E-state index in [4.69, 9.17) is 4.74 Å². The van der Waals surface area contributed by atoms with Gasteiger partial charge in [-0.25, -0.2) is 13.4 Å². The molecule has 5 nitrogen and oxygen atoms in total. The molecule has 0 bridgehead atoms. The molecule has 0 unspecified atom stereocenters. The maximum atomic E-state index is 11.7. The number of benzene rings is 2. The number of para-hydroxylation sites is 1. The first-order valence-corrected chi connectivity index (χ1v) is 10.9. The van der Waals surface area contributed by atoms with Crippen molar-refractivity contribution < 1.29 is 13.2 Å². The molecule has 140 valence electrons. The number of imidazole rings is 1. The van der Waals surface area contributed by atoms with Crippen LogP contribution in [0.5, 0.6) is 5.75 Å². The number of ether oxygens (including phenoxy) is 1. The van der Waals surface area contributed by atoms with Crippen molar-refractivity contribution in [1.82, 2.24) is 9.55 Å². The first kappa shape index (κ1) is 17.8. The zero-order valence-electron chi connectivity index (χ0n) is 15.0. The molecule has 1 fully saturated rings. The zero-order valence-corrected chi connectivity index (χ0v) is 15.8. The maximum absolute atomic E-state index is 11.7. The molecule has 0 spiro atoms. The lowest BCUT2D eigenvalue weighted by atomic mass is 10.1. The molecule has 0 amide bonds. The third-order valence-corrected chi connectivity index (χ3v) is 6.67. The highest BCUT2D eigenvalue weighted by Gasteiger charge is 2.26. The number of hydrogen-bond acceptors (Lipinski definition) is 4. The summed E-state index contributed by atoms with van der Waals surface area (Å²) >= 11 is 0. The molecule has 27 heavy (non-hydrogen) atoms.